The topological polar surface area (TPSA) is 78.3 Å². The maximum atomic E-state index is 11.8. The zero-order valence-electron chi connectivity index (χ0n) is 17.5. The average Bonchev–Trinajstić information content (AvgIpc) is 3.39. The molecule has 2 aromatic rings. The van der Waals surface area contributed by atoms with Crippen LogP contribution in [0, 0.1) is 0 Å². The van der Waals surface area contributed by atoms with E-state index in [1.54, 1.807) is 7.05 Å². The molecule has 2 fully saturated rings. The molecule has 1 aromatic heterocycles. The fourth-order valence-electron chi connectivity index (χ4n) is 3.93. The van der Waals surface area contributed by atoms with E-state index in [1.807, 2.05) is 10.9 Å². The van der Waals surface area contributed by atoms with Crippen molar-refractivity contribution in [2.45, 2.75) is 25.0 Å². The minimum atomic E-state index is -0.156. The molecule has 0 saturated carbocycles. The number of hydrogen-bond donors (Lipinski definition) is 2. The molecule has 0 bridgehead atoms. The first-order chi connectivity index (χ1) is 13.6. The van der Waals surface area contributed by atoms with E-state index < -0.39 is 0 Å². The van der Waals surface area contributed by atoms with Crippen molar-refractivity contribution in [1.82, 2.24) is 35.4 Å². The monoisotopic (exact) mass is 455 g/mol. The number of likely N-dealkylation sites (N-methyl/N-ethyl adjacent to an activating group) is 2. The number of carbonyl (C=O) groups excluding carboxylic acids is 1. The third-order valence-corrected chi connectivity index (χ3v) is 5.81. The summed E-state index contributed by atoms with van der Waals surface area (Å²) in [5.41, 5.74) is 3.27. The molecule has 0 spiro atoms. The highest BCUT2D eigenvalue weighted by Crippen LogP contribution is 2.23. The Morgan fingerprint density at radius 3 is 2.53 bits per heavy atom. The number of halogens is 2. The maximum absolute atomic E-state index is 11.8. The first kappa shape index (κ1) is 24.6. The number of piperazine rings is 1. The smallest absolute Gasteiger partial charge is 0.236 e. The van der Waals surface area contributed by atoms with Gasteiger partial charge < -0.3 is 15.5 Å². The van der Waals surface area contributed by atoms with E-state index in [9.17, 15) is 4.79 Å². The van der Waals surface area contributed by atoms with Gasteiger partial charge in [-0.05, 0) is 19.0 Å². The van der Waals surface area contributed by atoms with Crippen molar-refractivity contribution in [3.8, 4) is 11.3 Å². The van der Waals surface area contributed by atoms with E-state index in [0.29, 0.717) is 0 Å². The standard InChI is InChI=1S/C20H29N7O.2ClH/c1-21-20(28)18-11-17(12-22-18)27-14-19(23-24-27)16-5-3-15(4-6-16)13-26-9-7-25(2)8-10-26;;/h3-6,14,17-18,22H,7-13H2,1-2H3,(H,21,28);2*1H/t17-,18+;;/m1../s1. The molecule has 2 atom stereocenters. The number of carbonyl (C=O) groups is 1. The Morgan fingerprint density at radius 2 is 1.87 bits per heavy atom. The van der Waals surface area contributed by atoms with Crippen molar-refractivity contribution >= 4 is 30.7 Å². The summed E-state index contributed by atoms with van der Waals surface area (Å²) in [7, 11) is 3.85. The van der Waals surface area contributed by atoms with Crippen LogP contribution in [0.4, 0.5) is 0 Å². The second kappa shape index (κ2) is 11.1. The third-order valence-electron chi connectivity index (χ3n) is 5.81. The zero-order chi connectivity index (χ0) is 19.5. The van der Waals surface area contributed by atoms with Gasteiger partial charge in [0.05, 0.1) is 18.3 Å². The Hall–Kier alpha value is -1.71. The van der Waals surface area contributed by atoms with Crippen molar-refractivity contribution in [2.24, 2.45) is 0 Å². The Morgan fingerprint density at radius 1 is 1.17 bits per heavy atom. The number of amides is 1. The SMILES string of the molecule is CNC(=O)[C@@H]1C[C@@H](n2cc(-c3ccc(CN4CCN(C)CC4)cc3)nn2)CN1.Cl.Cl. The summed E-state index contributed by atoms with van der Waals surface area (Å²) in [5, 5.41) is 14.6. The summed E-state index contributed by atoms with van der Waals surface area (Å²) in [5.74, 6) is 0.0266. The fraction of sp³-hybridized carbons (Fsp3) is 0.550. The molecule has 8 nitrogen and oxygen atoms in total. The van der Waals surface area contributed by atoms with Crippen LogP contribution in [0.5, 0.6) is 0 Å². The molecule has 4 rings (SSSR count). The Kier molecular flexibility index (Phi) is 9.06. The van der Waals surface area contributed by atoms with Crippen LogP contribution in [0.3, 0.4) is 0 Å². The minimum Gasteiger partial charge on any atom is -0.358 e. The van der Waals surface area contributed by atoms with E-state index in [2.05, 4.69) is 62.1 Å². The number of rotatable bonds is 5. The molecule has 2 aliphatic heterocycles. The second-order valence-corrected chi connectivity index (χ2v) is 7.82. The minimum absolute atomic E-state index is 0. The first-order valence-corrected chi connectivity index (χ1v) is 9.99. The number of aromatic nitrogens is 3. The van der Waals surface area contributed by atoms with E-state index in [4.69, 9.17) is 0 Å². The molecule has 0 unspecified atom stereocenters. The van der Waals surface area contributed by atoms with Gasteiger partial charge in [-0.25, -0.2) is 4.68 Å². The summed E-state index contributed by atoms with van der Waals surface area (Å²) >= 11 is 0. The molecule has 30 heavy (non-hydrogen) atoms. The highest BCUT2D eigenvalue weighted by Gasteiger charge is 2.30. The van der Waals surface area contributed by atoms with Gasteiger partial charge in [0.15, 0.2) is 0 Å². The van der Waals surface area contributed by atoms with Gasteiger partial charge in [-0.15, -0.1) is 29.9 Å². The van der Waals surface area contributed by atoms with Gasteiger partial charge in [0.1, 0.15) is 5.69 Å². The lowest BCUT2D eigenvalue weighted by atomic mass is 10.1. The highest BCUT2D eigenvalue weighted by atomic mass is 35.5. The maximum Gasteiger partial charge on any atom is 0.236 e. The molecule has 0 radical (unpaired) electrons. The largest absolute Gasteiger partial charge is 0.358 e. The van der Waals surface area contributed by atoms with Gasteiger partial charge in [0, 0.05) is 51.9 Å². The summed E-state index contributed by atoms with van der Waals surface area (Å²) in [6.07, 6.45) is 2.71. The number of benzene rings is 1. The lowest BCUT2D eigenvalue weighted by Gasteiger charge is -2.32. The lowest BCUT2D eigenvalue weighted by molar-refractivity contribution is -0.122. The van der Waals surface area contributed by atoms with Crippen LogP contribution in [-0.2, 0) is 11.3 Å². The van der Waals surface area contributed by atoms with Crippen molar-refractivity contribution in [2.75, 3.05) is 46.8 Å². The van der Waals surface area contributed by atoms with E-state index in [-0.39, 0.29) is 42.8 Å². The van der Waals surface area contributed by atoms with Crippen molar-refractivity contribution in [1.29, 1.82) is 0 Å². The van der Waals surface area contributed by atoms with Gasteiger partial charge in [0.25, 0.3) is 0 Å². The van der Waals surface area contributed by atoms with Gasteiger partial charge in [-0.1, -0.05) is 29.5 Å². The molecular formula is C20H31Cl2N7O. The van der Waals surface area contributed by atoms with Gasteiger partial charge in [-0.3, -0.25) is 9.69 Å². The molecule has 0 aliphatic carbocycles. The molecule has 3 heterocycles. The summed E-state index contributed by atoms with van der Waals surface area (Å²) in [6, 6.07) is 8.62. The van der Waals surface area contributed by atoms with Crippen LogP contribution >= 0.6 is 24.8 Å². The summed E-state index contributed by atoms with van der Waals surface area (Å²) in [4.78, 5) is 16.7. The van der Waals surface area contributed by atoms with Crippen molar-refractivity contribution in [3.05, 3.63) is 36.0 Å². The molecule has 10 heteroatoms. The third kappa shape index (κ3) is 5.70. The summed E-state index contributed by atoms with van der Waals surface area (Å²) < 4.78 is 1.88. The molecule has 2 aliphatic rings. The Balaban J connectivity index is 0.00000160. The normalized spacial score (nSPS) is 22.2. The van der Waals surface area contributed by atoms with Crippen molar-refractivity contribution in [3.63, 3.8) is 0 Å². The molecule has 1 aromatic carbocycles. The summed E-state index contributed by atoms with van der Waals surface area (Å²) in [6.45, 7) is 6.24. The van der Waals surface area contributed by atoms with Crippen molar-refractivity contribution < 1.29 is 4.79 Å². The zero-order valence-corrected chi connectivity index (χ0v) is 19.1. The number of nitrogens with zero attached hydrogens (tertiary/aromatic N) is 5. The van der Waals surface area contributed by atoms with E-state index >= 15 is 0 Å². The Bertz CT molecular complexity index is 806. The van der Waals surface area contributed by atoms with Crippen LogP contribution in [-0.4, -0.2) is 83.6 Å². The predicted octanol–water partition coefficient (Wildman–Crippen LogP) is 1.19. The molecule has 2 N–H and O–H groups in total. The van der Waals surface area contributed by atoms with E-state index in [0.717, 1.165) is 56.9 Å². The van der Waals surface area contributed by atoms with Gasteiger partial charge in [-0.2, -0.15) is 0 Å². The Labute approximate surface area is 190 Å². The van der Waals surface area contributed by atoms with Crippen LogP contribution in [0.25, 0.3) is 11.3 Å². The van der Waals surface area contributed by atoms with Gasteiger partial charge >= 0.3 is 0 Å². The molecule has 1 amide bonds. The predicted molar refractivity (Wildman–Crippen MR) is 122 cm³/mol. The first-order valence-electron chi connectivity index (χ1n) is 9.99. The van der Waals surface area contributed by atoms with Crippen LogP contribution in [0.2, 0.25) is 0 Å². The number of hydrogen-bond acceptors (Lipinski definition) is 6. The van der Waals surface area contributed by atoms with E-state index in [1.165, 1.54) is 5.56 Å². The number of nitrogens with one attached hydrogen (secondary N) is 2. The van der Waals surface area contributed by atoms with Crippen LogP contribution in [0.15, 0.2) is 30.5 Å². The van der Waals surface area contributed by atoms with Gasteiger partial charge in [0.2, 0.25) is 5.91 Å². The van der Waals surface area contributed by atoms with Crippen LogP contribution in [0.1, 0.15) is 18.0 Å². The second-order valence-electron chi connectivity index (χ2n) is 7.82. The average molecular weight is 456 g/mol. The molecule has 166 valence electrons. The lowest BCUT2D eigenvalue weighted by Crippen LogP contribution is -2.43. The molecule has 2 saturated heterocycles. The fourth-order valence-corrected chi connectivity index (χ4v) is 3.93. The van der Waals surface area contributed by atoms with Crippen LogP contribution < -0.4 is 10.6 Å². The molecular weight excluding hydrogens is 425 g/mol. The highest BCUT2D eigenvalue weighted by molar-refractivity contribution is 5.85. The quantitative estimate of drug-likeness (QED) is 0.704.